The van der Waals surface area contributed by atoms with Gasteiger partial charge in [-0.1, -0.05) is 5.22 Å². The van der Waals surface area contributed by atoms with Crippen molar-refractivity contribution in [1.29, 1.82) is 0 Å². The van der Waals surface area contributed by atoms with Crippen molar-refractivity contribution >= 4 is 17.9 Å². The molecule has 0 bridgehead atoms. The third kappa shape index (κ3) is 2.97. The minimum absolute atomic E-state index is 0.253. The summed E-state index contributed by atoms with van der Waals surface area (Å²) in [5.74, 6) is 5.47. The lowest BCUT2D eigenvalue weighted by atomic mass is 10.3. The van der Waals surface area contributed by atoms with Crippen molar-refractivity contribution in [3.63, 3.8) is 0 Å². The Bertz CT molecular complexity index is 457. The molecule has 0 aromatic carbocycles. The summed E-state index contributed by atoms with van der Waals surface area (Å²) in [6, 6.07) is 3.23. The van der Waals surface area contributed by atoms with E-state index in [1.165, 1.54) is 14.2 Å². The summed E-state index contributed by atoms with van der Waals surface area (Å²) in [5, 5.41) is 9.20. The molecule has 1 rings (SSSR count). The zero-order valence-electron chi connectivity index (χ0n) is 9.41. The van der Waals surface area contributed by atoms with Crippen LogP contribution in [0, 0.1) is 0 Å². The topological polar surface area (TPSA) is 114 Å². The molecule has 0 aliphatic heterocycles. The van der Waals surface area contributed by atoms with Crippen molar-refractivity contribution < 1.29 is 9.53 Å². The molecule has 0 aliphatic carbocycles. The number of pyridine rings is 1. The van der Waals surface area contributed by atoms with Crippen LogP contribution in [0.5, 0.6) is 5.88 Å². The molecule has 3 N–H and O–H groups in total. The van der Waals surface area contributed by atoms with E-state index in [1.54, 1.807) is 12.1 Å². The largest absolute Gasteiger partial charge is 0.479 e. The van der Waals surface area contributed by atoms with Crippen molar-refractivity contribution in [3.8, 4) is 5.88 Å². The van der Waals surface area contributed by atoms with Gasteiger partial charge in [-0.25, -0.2) is 4.98 Å². The van der Waals surface area contributed by atoms with Crippen molar-refractivity contribution in [2.24, 2.45) is 21.2 Å². The van der Waals surface area contributed by atoms with E-state index < -0.39 is 0 Å². The number of hydrogen-bond acceptors (Lipinski definition) is 5. The van der Waals surface area contributed by atoms with Gasteiger partial charge in [-0.05, 0) is 12.1 Å². The summed E-state index contributed by atoms with van der Waals surface area (Å²) < 4.78 is 5.02. The van der Waals surface area contributed by atoms with E-state index >= 15 is 0 Å². The van der Waals surface area contributed by atoms with Gasteiger partial charge in [0, 0.05) is 7.05 Å². The lowest BCUT2D eigenvalue weighted by Crippen LogP contribution is -2.05. The van der Waals surface area contributed by atoms with Crippen LogP contribution in [0.25, 0.3) is 0 Å². The van der Waals surface area contributed by atoms with Crippen molar-refractivity contribution in [2.45, 2.75) is 0 Å². The summed E-state index contributed by atoms with van der Waals surface area (Å²) in [7, 11) is 2.98. The number of amides is 1. The van der Waals surface area contributed by atoms with Gasteiger partial charge in [0.1, 0.15) is 11.4 Å². The number of rotatable bonds is 4. The predicted octanol–water partition coefficient (Wildman–Crippen LogP) is 0.361. The van der Waals surface area contributed by atoms with Crippen LogP contribution in [-0.4, -0.2) is 31.4 Å². The monoisotopic (exact) mass is 236 g/mol. The summed E-state index contributed by atoms with van der Waals surface area (Å²) in [6.45, 7) is 0. The Balaban J connectivity index is 3.16. The molecule has 1 aromatic heterocycles. The average Bonchev–Trinajstić information content (AvgIpc) is 2.37. The molecular weight excluding hydrogens is 224 g/mol. The quantitative estimate of drug-likeness (QED) is 0.196. The number of aromatic nitrogens is 1. The highest BCUT2D eigenvalue weighted by atomic mass is 16.5. The molecule has 1 heterocycles. The Kier molecular flexibility index (Phi) is 4.55. The van der Waals surface area contributed by atoms with Crippen LogP contribution in [-0.2, 0) is 4.79 Å². The highest BCUT2D eigenvalue weighted by molar-refractivity contribution is 5.97. The number of carbonyl (C=O) groups is 1. The maximum absolute atomic E-state index is 10.4. The van der Waals surface area contributed by atoms with Gasteiger partial charge in [-0.2, -0.15) is 0 Å². The summed E-state index contributed by atoms with van der Waals surface area (Å²) >= 11 is 0. The number of nitrogens with two attached hydrogens (primary N) is 1. The van der Waals surface area contributed by atoms with Crippen LogP contribution >= 0.6 is 0 Å². The fourth-order valence-corrected chi connectivity index (χ4v) is 1.16. The van der Waals surface area contributed by atoms with Gasteiger partial charge in [-0.15, -0.1) is 5.11 Å². The lowest BCUT2D eigenvalue weighted by molar-refractivity contribution is -0.105. The first-order valence-electron chi connectivity index (χ1n) is 4.60. The molecule has 1 aromatic rings. The summed E-state index contributed by atoms with van der Waals surface area (Å²) in [4.78, 5) is 18.3. The normalized spacial score (nSPS) is 11.5. The molecule has 0 aliphatic rings. The van der Waals surface area contributed by atoms with E-state index in [2.05, 4.69) is 25.6 Å². The lowest BCUT2D eigenvalue weighted by Gasteiger charge is -2.07. The van der Waals surface area contributed by atoms with Crippen molar-refractivity contribution in [3.05, 3.63) is 17.8 Å². The smallest absolute Gasteiger partial charge is 0.238 e. The third-order valence-electron chi connectivity index (χ3n) is 1.86. The van der Waals surface area contributed by atoms with E-state index in [-0.39, 0.29) is 11.7 Å². The Hall–Kier alpha value is -2.51. The minimum atomic E-state index is 0.253. The van der Waals surface area contributed by atoms with Gasteiger partial charge in [0.25, 0.3) is 0 Å². The van der Waals surface area contributed by atoms with Gasteiger partial charge in [-0.3, -0.25) is 9.79 Å². The second-order valence-electron chi connectivity index (χ2n) is 2.78. The molecule has 0 unspecified atom stereocenters. The molecule has 8 nitrogen and oxygen atoms in total. The molecule has 0 radical (unpaired) electrons. The van der Waals surface area contributed by atoms with Gasteiger partial charge < -0.3 is 15.9 Å². The second-order valence-corrected chi connectivity index (χ2v) is 2.78. The van der Waals surface area contributed by atoms with Crippen molar-refractivity contribution in [2.75, 3.05) is 19.5 Å². The Morgan fingerprint density at radius 2 is 2.35 bits per heavy atom. The predicted molar refractivity (Wildman–Crippen MR) is 62.0 cm³/mol. The van der Waals surface area contributed by atoms with Crippen LogP contribution < -0.4 is 15.9 Å². The molecule has 0 saturated carbocycles. The first-order valence-corrected chi connectivity index (χ1v) is 4.60. The molecule has 0 spiro atoms. The van der Waals surface area contributed by atoms with E-state index in [4.69, 9.17) is 10.6 Å². The van der Waals surface area contributed by atoms with Crippen LogP contribution in [0.1, 0.15) is 5.69 Å². The fourth-order valence-electron chi connectivity index (χ4n) is 1.16. The molecular formula is C9H12N6O2. The zero-order valence-corrected chi connectivity index (χ0v) is 9.41. The van der Waals surface area contributed by atoms with E-state index in [1.807, 2.05) is 0 Å². The number of amidine groups is 1. The zero-order chi connectivity index (χ0) is 12.7. The third-order valence-corrected chi connectivity index (χ3v) is 1.86. The number of methoxy groups -OCH3 is 1. The van der Waals surface area contributed by atoms with Crippen molar-refractivity contribution in [1.82, 2.24) is 4.98 Å². The molecule has 0 atom stereocenters. The number of ether oxygens (including phenoxy) is 1. The first-order chi connectivity index (χ1) is 8.26. The SMILES string of the molecule is CN=C(N=NN)c1ccc(NC=O)c(OC)n1. The highest BCUT2D eigenvalue weighted by Gasteiger charge is 2.09. The Labute approximate surface area is 97.6 Å². The van der Waals surface area contributed by atoms with Crippen LogP contribution in [0.4, 0.5) is 5.69 Å². The van der Waals surface area contributed by atoms with Crippen LogP contribution in [0.3, 0.4) is 0 Å². The number of carbonyl (C=O) groups excluding carboxylic acids is 1. The first kappa shape index (κ1) is 12.6. The average molecular weight is 236 g/mol. The number of nitrogens with zero attached hydrogens (tertiary/aromatic N) is 4. The number of hydrogen-bond donors (Lipinski definition) is 2. The summed E-state index contributed by atoms with van der Waals surface area (Å²) in [6.07, 6.45) is 0.535. The maximum Gasteiger partial charge on any atom is 0.238 e. The van der Waals surface area contributed by atoms with Gasteiger partial charge in [0.2, 0.25) is 12.3 Å². The highest BCUT2D eigenvalue weighted by Crippen LogP contribution is 2.21. The molecule has 8 heteroatoms. The van der Waals surface area contributed by atoms with Gasteiger partial charge >= 0.3 is 0 Å². The molecule has 17 heavy (non-hydrogen) atoms. The van der Waals surface area contributed by atoms with E-state index in [0.29, 0.717) is 17.8 Å². The molecule has 0 fully saturated rings. The molecule has 90 valence electrons. The Morgan fingerprint density at radius 3 is 2.88 bits per heavy atom. The Morgan fingerprint density at radius 1 is 1.59 bits per heavy atom. The van der Waals surface area contributed by atoms with Crippen LogP contribution in [0.15, 0.2) is 27.5 Å². The van der Waals surface area contributed by atoms with Crippen LogP contribution in [0.2, 0.25) is 0 Å². The number of nitrogens with one attached hydrogen (secondary N) is 1. The maximum atomic E-state index is 10.4. The van der Waals surface area contributed by atoms with Gasteiger partial charge in [0.15, 0.2) is 5.84 Å². The molecule has 1 amide bonds. The fraction of sp³-hybridized carbons (Fsp3) is 0.222. The minimum Gasteiger partial charge on any atom is -0.479 e. The summed E-state index contributed by atoms with van der Waals surface area (Å²) in [5.41, 5.74) is 0.890. The van der Waals surface area contributed by atoms with Gasteiger partial charge in [0.05, 0.1) is 7.11 Å². The number of anilines is 1. The van der Waals surface area contributed by atoms with E-state index in [9.17, 15) is 4.79 Å². The molecule has 0 saturated heterocycles. The van der Waals surface area contributed by atoms with E-state index in [0.717, 1.165) is 0 Å². The second kappa shape index (κ2) is 6.16. The number of aliphatic imine (C=N–C) groups is 1. The standard InChI is InChI=1S/C9H12N6O2/c1-11-8(14-15-10)6-3-4-7(12-5-16)9(13-6)17-2/h3-5H,1-2H3,(H,12,16)(H2,10,11,14).